The SMILES string of the molecule is CNC(c1cc2c(s1)CCCC2)C1CCCC1. The first kappa shape index (κ1) is 11.7. The summed E-state index contributed by atoms with van der Waals surface area (Å²) < 4.78 is 0. The van der Waals surface area contributed by atoms with E-state index >= 15 is 0 Å². The molecule has 1 saturated carbocycles. The van der Waals surface area contributed by atoms with Crippen LogP contribution in [0.25, 0.3) is 0 Å². The average molecular weight is 249 g/mol. The number of hydrogen-bond acceptors (Lipinski definition) is 2. The molecule has 1 N–H and O–H groups in total. The van der Waals surface area contributed by atoms with Crippen LogP contribution >= 0.6 is 11.3 Å². The minimum Gasteiger partial charge on any atom is -0.312 e. The van der Waals surface area contributed by atoms with Crippen molar-refractivity contribution >= 4 is 11.3 Å². The van der Waals surface area contributed by atoms with Crippen LogP contribution in [0.15, 0.2) is 6.07 Å². The fourth-order valence-corrected chi connectivity index (χ4v) is 5.03. The van der Waals surface area contributed by atoms with Crippen molar-refractivity contribution in [2.75, 3.05) is 7.05 Å². The summed E-state index contributed by atoms with van der Waals surface area (Å²) in [5.74, 6) is 0.889. The lowest BCUT2D eigenvalue weighted by molar-refractivity contribution is 0.395. The zero-order chi connectivity index (χ0) is 11.7. The maximum absolute atomic E-state index is 3.58. The first-order valence-electron chi connectivity index (χ1n) is 7.17. The van der Waals surface area contributed by atoms with Gasteiger partial charge in [0.1, 0.15) is 0 Å². The van der Waals surface area contributed by atoms with Gasteiger partial charge in [0, 0.05) is 15.8 Å². The summed E-state index contributed by atoms with van der Waals surface area (Å²) >= 11 is 2.09. The van der Waals surface area contributed by atoms with Gasteiger partial charge >= 0.3 is 0 Å². The van der Waals surface area contributed by atoms with Gasteiger partial charge in [0.2, 0.25) is 0 Å². The minimum atomic E-state index is 0.632. The lowest BCUT2D eigenvalue weighted by Gasteiger charge is -2.21. The molecule has 2 heteroatoms. The zero-order valence-electron chi connectivity index (χ0n) is 10.8. The Morgan fingerprint density at radius 2 is 1.94 bits per heavy atom. The van der Waals surface area contributed by atoms with E-state index in [1.807, 2.05) is 0 Å². The van der Waals surface area contributed by atoms with Crippen molar-refractivity contribution in [2.45, 2.75) is 57.4 Å². The number of hydrogen-bond donors (Lipinski definition) is 1. The van der Waals surface area contributed by atoms with Crippen molar-refractivity contribution in [1.82, 2.24) is 5.32 Å². The molecular formula is C15H23NS. The van der Waals surface area contributed by atoms with Gasteiger partial charge in [0.15, 0.2) is 0 Å². The molecule has 17 heavy (non-hydrogen) atoms. The van der Waals surface area contributed by atoms with Gasteiger partial charge in [0.05, 0.1) is 0 Å². The van der Waals surface area contributed by atoms with Gasteiger partial charge in [-0.2, -0.15) is 0 Å². The average Bonchev–Trinajstić information content (AvgIpc) is 2.98. The smallest absolute Gasteiger partial charge is 0.0441 e. The highest BCUT2D eigenvalue weighted by Gasteiger charge is 2.27. The molecule has 3 rings (SSSR count). The molecule has 1 aromatic rings. The third-order valence-corrected chi connectivity index (χ3v) is 5.82. The number of fused-ring (bicyclic) bond motifs is 1. The molecule has 1 atom stereocenters. The fourth-order valence-electron chi connectivity index (χ4n) is 3.57. The zero-order valence-corrected chi connectivity index (χ0v) is 11.6. The molecule has 0 aromatic carbocycles. The molecule has 1 nitrogen and oxygen atoms in total. The quantitative estimate of drug-likeness (QED) is 0.851. The Labute approximate surface area is 109 Å². The Morgan fingerprint density at radius 1 is 1.18 bits per heavy atom. The van der Waals surface area contributed by atoms with E-state index in [1.165, 1.54) is 51.4 Å². The normalized spacial score (nSPS) is 22.6. The summed E-state index contributed by atoms with van der Waals surface area (Å²) in [6.45, 7) is 0. The Bertz CT molecular complexity index is 353. The number of thiophene rings is 1. The van der Waals surface area contributed by atoms with Crippen LogP contribution in [0.4, 0.5) is 0 Å². The van der Waals surface area contributed by atoms with Crippen LogP contribution in [-0.2, 0) is 12.8 Å². The first-order valence-corrected chi connectivity index (χ1v) is 7.99. The van der Waals surface area contributed by atoms with Crippen LogP contribution in [-0.4, -0.2) is 7.05 Å². The molecule has 1 unspecified atom stereocenters. The van der Waals surface area contributed by atoms with Gasteiger partial charge in [-0.05, 0) is 63.1 Å². The summed E-state index contributed by atoms with van der Waals surface area (Å²) in [6.07, 6.45) is 11.2. The monoisotopic (exact) mass is 249 g/mol. The van der Waals surface area contributed by atoms with E-state index in [2.05, 4.69) is 29.8 Å². The molecule has 0 saturated heterocycles. The summed E-state index contributed by atoms with van der Waals surface area (Å²) in [5.41, 5.74) is 1.66. The fraction of sp³-hybridized carbons (Fsp3) is 0.733. The molecule has 1 fully saturated rings. The Balaban J connectivity index is 1.83. The van der Waals surface area contributed by atoms with Gasteiger partial charge in [-0.15, -0.1) is 11.3 Å². The van der Waals surface area contributed by atoms with Crippen LogP contribution in [0, 0.1) is 5.92 Å². The summed E-state index contributed by atoms with van der Waals surface area (Å²) in [7, 11) is 2.14. The van der Waals surface area contributed by atoms with Crippen molar-refractivity contribution in [1.29, 1.82) is 0 Å². The van der Waals surface area contributed by atoms with Gasteiger partial charge < -0.3 is 5.32 Å². The lowest BCUT2D eigenvalue weighted by Crippen LogP contribution is -2.22. The molecule has 2 aliphatic rings. The second kappa shape index (κ2) is 5.11. The standard InChI is InChI=1S/C15H23NS/c1-16-15(11-6-2-3-7-11)14-10-12-8-4-5-9-13(12)17-14/h10-11,15-16H,2-9H2,1H3. The summed E-state index contributed by atoms with van der Waals surface area (Å²) in [4.78, 5) is 3.30. The highest BCUT2D eigenvalue weighted by molar-refractivity contribution is 7.12. The van der Waals surface area contributed by atoms with Crippen molar-refractivity contribution in [3.05, 3.63) is 21.4 Å². The van der Waals surface area contributed by atoms with E-state index in [9.17, 15) is 0 Å². The summed E-state index contributed by atoms with van der Waals surface area (Å²) in [5, 5.41) is 3.58. The summed E-state index contributed by atoms with van der Waals surface area (Å²) in [6, 6.07) is 3.15. The van der Waals surface area contributed by atoms with E-state index < -0.39 is 0 Å². The highest BCUT2D eigenvalue weighted by atomic mass is 32.1. The van der Waals surface area contributed by atoms with E-state index in [1.54, 1.807) is 15.3 Å². The van der Waals surface area contributed by atoms with Gasteiger partial charge in [-0.3, -0.25) is 0 Å². The number of nitrogens with one attached hydrogen (secondary N) is 1. The topological polar surface area (TPSA) is 12.0 Å². The minimum absolute atomic E-state index is 0.632. The molecule has 1 aromatic heterocycles. The predicted octanol–water partition coefficient (Wildman–Crippen LogP) is 4.08. The van der Waals surface area contributed by atoms with Crippen molar-refractivity contribution in [3.8, 4) is 0 Å². The molecular weight excluding hydrogens is 226 g/mol. The van der Waals surface area contributed by atoms with E-state index in [0.29, 0.717) is 6.04 Å². The Hall–Kier alpha value is -0.340. The van der Waals surface area contributed by atoms with Crippen molar-refractivity contribution in [3.63, 3.8) is 0 Å². The van der Waals surface area contributed by atoms with Crippen molar-refractivity contribution in [2.24, 2.45) is 5.92 Å². The van der Waals surface area contributed by atoms with E-state index in [0.717, 1.165) is 5.92 Å². The largest absolute Gasteiger partial charge is 0.312 e. The van der Waals surface area contributed by atoms with Crippen LogP contribution in [0.3, 0.4) is 0 Å². The molecule has 0 spiro atoms. The molecule has 2 aliphatic carbocycles. The third kappa shape index (κ3) is 2.30. The molecule has 0 bridgehead atoms. The van der Waals surface area contributed by atoms with Crippen LogP contribution < -0.4 is 5.32 Å². The van der Waals surface area contributed by atoms with Gasteiger partial charge in [0.25, 0.3) is 0 Å². The van der Waals surface area contributed by atoms with E-state index in [4.69, 9.17) is 0 Å². The van der Waals surface area contributed by atoms with Crippen molar-refractivity contribution < 1.29 is 0 Å². The predicted molar refractivity (Wildman–Crippen MR) is 74.7 cm³/mol. The first-order chi connectivity index (χ1) is 8.38. The molecule has 0 aliphatic heterocycles. The van der Waals surface area contributed by atoms with Crippen LogP contribution in [0.2, 0.25) is 0 Å². The van der Waals surface area contributed by atoms with Gasteiger partial charge in [-0.1, -0.05) is 12.8 Å². The lowest BCUT2D eigenvalue weighted by atomic mass is 9.94. The maximum Gasteiger partial charge on any atom is 0.0441 e. The molecule has 1 heterocycles. The molecule has 94 valence electrons. The second-order valence-electron chi connectivity index (χ2n) is 5.62. The second-order valence-corrected chi connectivity index (χ2v) is 6.78. The third-order valence-electron chi connectivity index (χ3n) is 4.50. The Kier molecular flexibility index (Phi) is 3.53. The van der Waals surface area contributed by atoms with Crippen LogP contribution in [0.1, 0.15) is 59.9 Å². The molecule has 0 radical (unpaired) electrons. The Morgan fingerprint density at radius 3 is 2.65 bits per heavy atom. The van der Waals surface area contributed by atoms with E-state index in [-0.39, 0.29) is 0 Å². The van der Waals surface area contributed by atoms with Crippen LogP contribution in [0.5, 0.6) is 0 Å². The maximum atomic E-state index is 3.58. The molecule has 0 amide bonds. The van der Waals surface area contributed by atoms with Gasteiger partial charge in [-0.25, -0.2) is 0 Å². The number of aryl methyl sites for hydroxylation is 2. The highest BCUT2D eigenvalue weighted by Crippen LogP contribution is 2.40. The number of rotatable bonds is 3.